The minimum atomic E-state index is -0.224. The fourth-order valence-corrected chi connectivity index (χ4v) is 5.83. The van der Waals surface area contributed by atoms with Gasteiger partial charge in [0.05, 0.1) is 10.3 Å². The van der Waals surface area contributed by atoms with Crippen LogP contribution in [0.5, 0.6) is 0 Å². The van der Waals surface area contributed by atoms with E-state index >= 15 is 0 Å². The number of halogens is 1. The van der Waals surface area contributed by atoms with Crippen LogP contribution in [0.4, 0.5) is 10.1 Å². The Morgan fingerprint density at radius 1 is 0.842 bits per heavy atom. The second-order valence-corrected chi connectivity index (χ2v) is 10.6. The molecule has 0 saturated carbocycles. The van der Waals surface area contributed by atoms with Crippen LogP contribution in [-0.4, -0.2) is 24.4 Å². The van der Waals surface area contributed by atoms with Crippen LogP contribution in [0.2, 0.25) is 0 Å². The van der Waals surface area contributed by atoms with Crippen molar-refractivity contribution < 1.29 is 9.18 Å². The molecular weight excluding hydrogens is 495 g/mol. The fourth-order valence-electron chi connectivity index (χ4n) is 4.65. The molecule has 1 amide bonds. The highest BCUT2D eigenvalue weighted by atomic mass is 32.1. The maximum absolute atomic E-state index is 13.2. The van der Waals surface area contributed by atoms with E-state index in [0.29, 0.717) is 21.0 Å². The van der Waals surface area contributed by atoms with Crippen LogP contribution in [-0.2, 0) is 13.0 Å². The predicted octanol–water partition coefficient (Wildman–Crippen LogP) is 7.26. The standard InChI is InChI=1S/C32H29FN2O2S/c1-35(21-23-12-16-24(33)17-13-23)20-5-4-7-22-14-18-25(19-15-22)34-32(37)28-10-6-9-27-30(36)26-8-2-3-11-29(26)38-31(27)28/h2-3,6,8-19H,4-5,7,20-21H2,1H3,(H,34,37). The van der Waals surface area contributed by atoms with E-state index in [2.05, 4.69) is 17.3 Å². The Bertz CT molecular complexity index is 1630. The molecule has 1 heterocycles. The minimum Gasteiger partial charge on any atom is -0.322 e. The number of nitrogens with zero attached hydrogens (tertiary/aromatic N) is 1. The van der Waals surface area contributed by atoms with Gasteiger partial charge in [0.2, 0.25) is 0 Å². The number of benzene rings is 4. The quantitative estimate of drug-likeness (QED) is 0.163. The molecule has 4 aromatic carbocycles. The number of aryl methyl sites for hydroxylation is 1. The molecule has 0 aliphatic heterocycles. The van der Waals surface area contributed by atoms with Crippen molar-refractivity contribution in [1.29, 1.82) is 0 Å². The van der Waals surface area contributed by atoms with Gasteiger partial charge in [0.25, 0.3) is 5.91 Å². The predicted molar refractivity (Wildman–Crippen MR) is 156 cm³/mol. The summed E-state index contributed by atoms with van der Waals surface area (Å²) in [5.41, 5.74) is 3.51. The van der Waals surface area contributed by atoms with Crippen molar-refractivity contribution in [3.63, 3.8) is 0 Å². The van der Waals surface area contributed by atoms with Gasteiger partial charge in [-0.05, 0) is 92.5 Å². The number of hydrogen-bond donors (Lipinski definition) is 1. The smallest absolute Gasteiger partial charge is 0.257 e. The molecule has 0 aliphatic rings. The molecule has 0 radical (unpaired) electrons. The molecule has 0 aliphatic carbocycles. The maximum Gasteiger partial charge on any atom is 0.257 e. The Kier molecular flexibility index (Phi) is 7.91. The Balaban J connectivity index is 1.17. The van der Waals surface area contributed by atoms with Gasteiger partial charge in [0, 0.05) is 27.7 Å². The number of fused-ring (bicyclic) bond motifs is 2. The lowest BCUT2D eigenvalue weighted by Gasteiger charge is -2.16. The Morgan fingerprint density at radius 3 is 2.34 bits per heavy atom. The highest BCUT2D eigenvalue weighted by Crippen LogP contribution is 2.28. The molecule has 1 N–H and O–H groups in total. The largest absolute Gasteiger partial charge is 0.322 e. The van der Waals surface area contributed by atoms with Crippen molar-refractivity contribution in [1.82, 2.24) is 4.90 Å². The van der Waals surface area contributed by atoms with Crippen LogP contribution in [0.1, 0.15) is 34.3 Å². The first-order valence-electron chi connectivity index (χ1n) is 12.8. The first-order valence-corrected chi connectivity index (χ1v) is 13.6. The lowest BCUT2D eigenvalue weighted by molar-refractivity contribution is 0.102. The summed E-state index contributed by atoms with van der Waals surface area (Å²) in [6.07, 6.45) is 3.08. The molecule has 192 valence electrons. The van der Waals surface area contributed by atoms with Gasteiger partial charge in [-0.1, -0.05) is 42.5 Å². The van der Waals surface area contributed by atoms with E-state index < -0.39 is 0 Å². The zero-order valence-corrected chi connectivity index (χ0v) is 22.1. The van der Waals surface area contributed by atoms with Crippen molar-refractivity contribution in [2.24, 2.45) is 0 Å². The minimum absolute atomic E-state index is 0.0463. The number of rotatable bonds is 9. The van der Waals surface area contributed by atoms with Crippen LogP contribution in [0, 0.1) is 5.82 Å². The van der Waals surface area contributed by atoms with Gasteiger partial charge in [-0.25, -0.2) is 4.39 Å². The molecule has 0 atom stereocenters. The third kappa shape index (κ3) is 5.98. The lowest BCUT2D eigenvalue weighted by Crippen LogP contribution is -2.19. The lowest BCUT2D eigenvalue weighted by atomic mass is 10.1. The molecule has 38 heavy (non-hydrogen) atoms. The van der Waals surface area contributed by atoms with Gasteiger partial charge in [0.1, 0.15) is 5.82 Å². The van der Waals surface area contributed by atoms with Crippen LogP contribution >= 0.6 is 11.3 Å². The molecule has 0 spiro atoms. The van der Waals surface area contributed by atoms with Crippen LogP contribution < -0.4 is 10.7 Å². The molecule has 0 bridgehead atoms. The van der Waals surface area contributed by atoms with Crippen LogP contribution in [0.15, 0.2) is 95.8 Å². The summed E-state index contributed by atoms with van der Waals surface area (Å²) in [5.74, 6) is -0.430. The van der Waals surface area contributed by atoms with Gasteiger partial charge in [-0.2, -0.15) is 0 Å². The average molecular weight is 525 g/mol. The van der Waals surface area contributed by atoms with Crippen molar-refractivity contribution in [3.8, 4) is 0 Å². The second-order valence-electron chi connectivity index (χ2n) is 9.58. The third-order valence-corrected chi connectivity index (χ3v) is 7.90. The van der Waals surface area contributed by atoms with Crippen molar-refractivity contribution in [3.05, 3.63) is 124 Å². The molecule has 0 fully saturated rings. The zero-order chi connectivity index (χ0) is 26.5. The molecule has 5 rings (SSSR count). The van der Waals surface area contributed by atoms with E-state index in [1.165, 1.54) is 29.0 Å². The van der Waals surface area contributed by atoms with E-state index in [1.807, 2.05) is 60.7 Å². The number of hydrogen-bond acceptors (Lipinski definition) is 4. The molecule has 5 aromatic rings. The Labute approximate surface area is 225 Å². The van der Waals surface area contributed by atoms with Gasteiger partial charge < -0.3 is 10.2 Å². The summed E-state index contributed by atoms with van der Waals surface area (Å²) in [6, 6.07) is 27.4. The second kappa shape index (κ2) is 11.7. The monoisotopic (exact) mass is 524 g/mol. The SMILES string of the molecule is CN(CCCCc1ccc(NC(=O)c2cccc3c(=O)c4ccccc4sc23)cc1)Cc1ccc(F)cc1. The number of nitrogens with one attached hydrogen (secondary N) is 1. The summed E-state index contributed by atoms with van der Waals surface area (Å²) < 4.78 is 14.6. The third-order valence-electron chi connectivity index (χ3n) is 6.68. The summed E-state index contributed by atoms with van der Waals surface area (Å²) in [4.78, 5) is 28.4. The highest BCUT2D eigenvalue weighted by molar-refractivity contribution is 7.24. The highest BCUT2D eigenvalue weighted by Gasteiger charge is 2.14. The summed E-state index contributed by atoms with van der Waals surface area (Å²) in [7, 11) is 2.08. The Morgan fingerprint density at radius 2 is 1.55 bits per heavy atom. The molecule has 1 aromatic heterocycles. The van der Waals surface area contributed by atoms with Gasteiger partial charge in [-0.3, -0.25) is 9.59 Å². The normalized spacial score (nSPS) is 11.3. The van der Waals surface area contributed by atoms with Crippen molar-refractivity contribution >= 4 is 43.1 Å². The van der Waals surface area contributed by atoms with E-state index in [4.69, 9.17) is 0 Å². The summed E-state index contributed by atoms with van der Waals surface area (Å²) >= 11 is 1.47. The first kappa shape index (κ1) is 25.8. The fraction of sp³-hybridized carbons (Fsp3) is 0.188. The topological polar surface area (TPSA) is 49.4 Å². The van der Waals surface area contributed by atoms with E-state index in [9.17, 15) is 14.0 Å². The molecule has 4 nitrogen and oxygen atoms in total. The van der Waals surface area contributed by atoms with Gasteiger partial charge >= 0.3 is 0 Å². The maximum atomic E-state index is 13.2. The summed E-state index contributed by atoms with van der Waals surface area (Å²) in [5, 5.41) is 4.24. The van der Waals surface area contributed by atoms with Crippen molar-refractivity contribution in [2.75, 3.05) is 18.9 Å². The summed E-state index contributed by atoms with van der Waals surface area (Å²) in [6.45, 7) is 1.77. The molecular formula is C32H29FN2O2S. The van der Waals surface area contributed by atoms with E-state index in [0.717, 1.165) is 48.3 Å². The number of amides is 1. The number of unbranched alkanes of at least 4 members (excludes halogenated alkanes) is 1. The number of anilines is 1. The zero-order valence-electron chi connectivity index (χ0n) is 21.2. The Hall–Kier alpha value is -3.87. The molecule has 0 saturated heterocycles. The molecule has 6 heteroatoms. The first-order chi connectivity index (χ1) is 18.5. The van der Waals surface area contributed by atoms with E-state index in [-0.39, 0.29) is 17.2 Å². The van der Waals surface area contributed by atoms with Crippen LogP contribution in [0.3, 0.4) is 0 Å². The van der Waals surface area contributed by atoms with Gasteiger partial charge in [-0.15, -0.1) is 11.3 Å². The van der Waals surface area contributed by atoms with E-state index in [1.54, 1.807) is 18.2 Å². The molecule has 0 unspecified atom stereocenters. The number of carbonyl (C=O) groups is 1. The van der Waals surface area contributed by atoms with Crippen LogP contribution in [0.25, 0.3) is 20.2 Å². The number of carbonyl (C=O) groups excluding carboxylic acids is 1. The van der Waals surface area contributed by atoms with Crippen molar-refractivity contribution in [2.45, 2.75) is 25.8 Å². The average Bonchev–Trinajstić information content (AvgIpc) is 2.93. The van der Waals surface area contributed by atoms with Gasteiger partial charge in [0.15, 0.2) is 5.43 Å².